The fraction of sp³-hybridized carbons (Fsp3) is 0.200. The predicted octanol–water partition coefficient (Wildman–Crippen LogP) is 3.10. The van der Waals surface area contributed by atoms with E-state index in [-0.39, 0.29) is 11.9 Å². The first-order chi connectivity index (χ1) is 9.15. The highest BCUT2D eigenvalue weighted by Crippen LogP contribution is 2.11. The van der Waals surface area contributed by atoms with E-state index in [1.165, 1.54) is 0 Å². The van der Waals surface area contributed by atoms with Crippen molar-refractivity contribution < 1.29 is 4.79 Å². The molecule has 3 nitrogen and oxygen atoms in total. The van der Waals surface area contributed by atoms with Crippen molar-refractivity contribution in [3.05, 3.63) is 64.9 Å². The second-order valence-corrected chi connectivity index (χ2v) is 4.86. The molecule has 0 saturated heterocycles. The maximum atomic E-state index is 11.9. The van der Waals surface area contributed by atoms with Gasteiger partial charge in [-0.3, -0.25) is 9.78 Å². The minimum atomic E-state index is -0.151. The summed E-state index contributed by atoms with van der Waals surface area (Å²) in [7, 11) is 0. The van der Waals surface area contributed by atoms with Gasteiger partial charge in [-0.1, -0.05) is 29.8 Å². The molecule has 0 aliphatic heterocycles. The molecule has 0 saturated carbocycles. The molecule has 0 fully saturated rings. The Morgan fingerprint density at radius 3 is 2.63 bits per heavy atom. The Morgan fingerprint density at radius 1 is 1.26 bits per heavy atom. The van der Waals surface area contributed by atoms with Crippen LogP contribution in [-0.4, -0.2) is 16.9 Å². The van der Waals surface area contributed by atoms with Gasteiger partial charge in [-0.25, -0.2) is 0 Å². The lowest BCUT2D eigenvalue weighted by atomic mass is 10.1. The molecule has 0 unspecified atom stereocenters. The highest BCUT2D eigenvalue weighted by molar-refractivity contribution is 6.30. The average Bonchev–Trinajstić information content (AvgIpc) is 2.42. The molecule has 0 spiro atoms. The molecule has 98 valence electrons. The van der Waals surface area contributed by atoms with Gasteiger partial charge < -0.3 is 5.32 Å². The number of rotatable bonds is 4. The van der Waals surface area contributed by atoms with Crippen LogP contribution in [0.25, 0.3) is 0 Å². The van der Waals surface area contributed by atoms with E-state index < -0.39 is 0 Å². The molecule has 0 bridgehead atoms. The van der Waals surface area contributed by atoms with Crippen molar-refractivity contribution in [2.75, 3.05) is 0 Å². The SMILES string of the molecule is C[C@@H](Cc1ccc(Cl)cc1)NC(=O)c1ccccn1. The van der Waals surface area contributed by atoms with Crippen molar-refractivity contribution in [3.8, 4) is 0 Å². The zero-order valence-electron chi connectivity index (χ0n) is 10.6. The van der Waals surface area contributed by atoms with Gasteiger partial charge in [0.25, 0.3) is 5.91 Å². The first kappa shape index (κ1) is 13.6. The van der Waals surface area contributed by atoms with E-state index in [0.717, 1.165) is 12.0 Å². The fourth-order valence-corrected chi connectivity index (χ4v) is 1.95. The lowest BCUT2D eigenvalue weighted by molar-refractivity contribution is 0.0935. The maximum Gasteiger partial charge on any atom is 0.270 e. The highest BCUT2D eigenvalue weighted by atomic mass is 35.5. The second kappa shape index (κ2) is 6.34. The number of nitrogens with one attached hydrogen (secondary N) is 1. The first-order valence-electron chi connectivity index (χ1n) is 6.11. The van der Waals surface area contributed by atoms with Crippen LogP contribution in [0.5, 0.6) is 0 Å². The van der Waals surface area contributed by atoms with Crippen LogP contribution < -0.4 is 5.32 Å². The van der Waals surface area contributed by atoms with Gasteiger partial charge in [0.05, 0.1) is 0 Å². The summed E-state index contributed by atoms with van der Waals surface area (Å²) in [5.41, 5.74) is 1.57. The van der Waals surface area contributed by atoms with Crippen molar-refractivity contribution in [1.82, 2.24) is 10.3 Å². The Morgan fingerprint density at radius 2 is 2.00 bits per heavy atom. The number of halogens is 1. The zero-order chi connectivity index (χ0) is 13.7. The highest BCUT2D eigenvalue weighted by Gasteiger charge is 2.10. The summed E-state index contributed by atoms with van der Waals surface area (Å²) in [6, 6.07) is 13.0. The van der Waals surface area contributed by atoms with Crippen LogP contribution in [0, 0.1) is 0 Å². The van der Waals surface area contributed by atoms with Gasteiger partial charge in [0.15, 0.2) is 0 Å². The quantitative estimate of drug-likeness (QED) is 0.931. The molecule has 1 heterocycles. The lowest BCUT2D eigenvalue weighted by Crippen LogP contribution is -2.34. The van der Waals surface area contributed by atoms with Gasteiger partial charge in [-0.05, 0) is 43.2 Å². The monoisotopic (exact) mass is 274 g/mol. The van der Waals surface area contributed by atoms with E-state index in [2.05, 4.69) is 10.3 Å². The van der Waals surface area contributed by atoms with Gasteiger partial charge in [0.2, 0.25) is 0 Å². The molecule has 4 heteroatoms. The molecule has 0 radical (unpaired) electrons. The third-order valence-corrected chi connectivity index (χ3v) is 2.98. The van der Waals surface area contributed by atoms with Crippen molar-refractivity contribution in [2.24, 2.45) is 0 Å². The maximum absolute atomic E-state index is 11.9. The second-order valence-electron chi connectivity index (χ2n) is 4.42. The predicted molar refractivity (Wildman–Crippen MR) is 76.3 cm³/mol. The Balaban J connectivity index is 1.92. The van der Waals surface area contributed by atoms with E-state index in [1.807, 2.05) is 31.2 Å². The molecule has 2 aromatic rings. The third kappa shape index (κ3) is 4.07. The molecule has 1 atom stereocenters. The lowest BCUT2D eigenvalue weighted by Gasteiger charge is -2.13. The number of hydrogen-bond donors (Lipinski definition) is 1. The number of pyridine rings is 1. The Kier molecular flexibility index (Phi) is 4.53. The van der Waals surface area contributed by atoms with Crippen LogP contribution in [0.1, 0.15) is 23.0 Å². The van der Waals surface area contributed by atoms with Gasteiger partial charge in [0, 0.05) is 17.3 Å². The minimum Gasteiger partial charge on any atom is -0.348 e. The molecule has 19 heavy (non-hydrogen) atoms. The fourth-order valence-electron chi connectivity index (χ4n) is 1.82. The molecule has 2 rings (SSSR count). The van der Waals surface area contributed by atoms with Crippen molar-refractivity contribution in [1.29, 1.82) is 0 Å². The summed E-state index contributed by atoms with van der Waals surface area (Å²) < 4.78 is 0. The zero-order valence-corrected chi connectivity index (χ0v) is 11.4. The van der Waals surface area contributed by atoms with E-state index in [4.69, 9.17) is 11.6 Å². The minimum absolute atomic E-state index is 0.0377. The molecular formula is C15H15ClN2O. The van der Waals surface area contributed by atoms with Gasteiger partial charge in [0.1, 0.15) is 5.69 Å². The number of benzene rings is 1. The van der Waals surface area contributed by atoms with Crippen LogP contribution in [0.4, 0.5) is 0 Å². The van der Waals surface area contributed by atoms with Gasteiger partial charge in [-0.2, -0.15) is 0 Å². The Labute approximate surface area is 117 Å². The average molecular weight is 275 g/mol. The van der Waals surface area contributed by atoms with Gasteiger partial charge in [-0.15, -0.1) is 0 Å². The molecule has 1 aromatic carbocycles. The molecular weight excluding hydrogens is 260 g/mol. The van der Waals surface area contributed by atoms with Crippen molar-refractivity contribution >= 4 is 17.5 Å². The summed E-state index contributed by atoms with van der Waals surface area (Å²) in [6.07, 6.45) is 2.37. The van der Waals surface area contributed by atoms with Gasteiger partial charge >= 0.3 is 0 Å². The van der Waals surface area contributed by atoms with Crippen LogP contribution in [-0.2, 0) is 6.42 Å². The van der Waals surface area contributed by atoms with E-state index >= 15 is 0 Å². The van der Waals surface area contributed by atoms with E-state index in [1.54, 1.807) is 24.4 Å². The summed E-state index contributed by atoms with van der Waals surface area (Å²) >= 11 is 5.83. The number of hydrogen-bond acceptors (Lipinski definition) is 2. The largest absolute Gasteiger partial charge is 0.348 e. The number of nitrogens with zero attached hydrogens (tertiary/aromatic N) is 1. The topological polar surface area (TPSA) is 42.0 Å². The number of aromatic nitrogens is 1. The smallest absolute Gasteiger partial charge is 0.270 e. The molecule has 0 aliphatic rings. The first-order valence-corrected chi connectivity index (χ1v) is 6.49. The van der Waals surface area contributed by atoms with Crippen molar-refractivity contribution in [3.63, 3.8) is 0 Å². The van der Waals surface area contributed by atoms with Crippen LogP contribution in [0.3, 0.4) is 0 Å². The van der Waals surface area contributed by atoms with E-state index in [9.17, 15) is 4.79 Å². The number of carbonyl (C=O) groups excluding carboxylic acids is 1. The summed E-state index contributed by atoms with van der Waals surface area (Å²) in [5.74, 6) is -0.151. The molecule has 1 N–H and O–H groups in total. The summed E-state index contributed by atoms with van der Waals surface area (Å²) in [5, 5.41) is 3.64. The van der Waals surface area contributed by atoms with Crippen LogP contribution >= 0.6 is 11.6 Å². The summed E-state index contributed by atoms with van der Waals surface area (Å²) in [6.45, 7) is 1.97. The van der Waals surface area contributed by atoms with E-state index in [0.29, 0.717) is 10.7 Å². The third-order valence-electron chi connectivity index (χ3n) is 2.73. The molecule has 1 aromatic heterocycles. The molecule has 1 amide bonds. The normalized spacial score (nSPS) is 11.9. The standard InChI is InChI=1S/C15H15ClN2O/c1-11(10-12-5-7-13(16)8-6-12)18-15(19)14-4-2-3-9-17-14/h2-9,11H,10H2,1H3,(H,18,19)/t11-/m0/s1. The Hall–Kier alpha value is -1.87. The summed E-state index contributed by atoms with van der Waals surface area (Å²) in [4.78, 5) is 15.9. The number of amides is 1. The van der Waals surface area contributed by atoms with Crippen molar-refractivity contribution in [2.45, 2.75) is 19.4 Å². The number of carbonyl (C=O) groups is 1. The molecule has 0 aliphatic carbocycles. The Bertz CT molecular complexity index is 540. The van der Waals surface area contributed by atoms with Crippen LogP contribution in [0.2, 0.25) is 5.02 Å². The van der Waals surface area contributed by atoms with Crippen LogP contribution in [0.15, 0.2) is 48.7 Å².